The summed E-state index contributed by atoms with van der Waals surface area (Å²) in [5, 5.41) is 8.96. The summed E-state index contributed by atoms with van der Waals surface area (Å²) in [4.78, 5) is 11.7. The summed E-state index contributed by atoms with van der Waals surface area (Å²) in [6, 6.07) is 0. The van der Waals surface area contributed by atoms with Crippen molar-refractivity contribution in [3.05, 3.63) is 0 Å². The van der Waals surface area contributed by atoms with Gasteiger partial charge in [-0.05, 0) is 39.0 Å². The largest absolute Gasteiger partial charge is 0.389 e. The summed E-state index contributed by atoms with van der Waals surface area (Å²) in [5.74, 6) is -0.00764. The Morgan fingerprint density at radius 1 is 1.40 bits per heavy atom. The van der Waals surface area contributed by atoms with Crippen LogP contribution in [0.15, 0.2) is 0 Å². The molecule has 1 N–H and O–H groups in total. The summed E-state index contributed by atoms with van der Waals surface area (Å²) >= 11 is 0. The molecule has 0 amide bonds. The third-order valence-electron chi connectivity index (χ3n) is 4.21. The number of ether oxygens (including phenoxy) is 1. The Labute approximate surface area is 90.8 Å². The number of aliphatic hydroxyl groups excluding tert-OH is 1. The van der Waals surface area contributed by atoms with Crippen LogP contribution < -0.4 is 0 Å². The van der Waals surface area contributed by atoms with Gasteiger partial charge in [0.1, 0.15) is 6.61 Å². The second-order valence-corrected chi connectivity index (χ2v) is 5.45. The van der Waals surface area contributed by atoms with E-state index in [2.05, 4.69) is 6.92 Å². The highest BCUT2D eigenvalue weighted by Crippen LogP contribution is 2.48. The molecule has 1 heterocycles. The Bertz CT molecular complexity index is 276. The molecule has 86 valence electrons. The molecule has 1 saturated heterocycles. The minimum atomic E-state index is -0.320. The molecule has 1 aliphatic heterocycles. The van der Waals surface area contributed by atoms with E-state index in [0.717, 1.165) is 32.1 Å². The van der Waals surface area contributed by atoms with Gasteiger partial charge in [0.2, 0.25) is 0 Å². The number of carbonyl (C=O) groups excluding carboxylic acids is 1. The summed E-state index contributed by atoms with van der Waals surface area (Å²) in [5.41, 5.74) is -0.217. The van der Waals surface area contributed by atoms with Crippen molar-refractivity contribution in [2.75, 3.05) is 6.61 Å². The molecule has 3 heteroatoms. The average Bonchev–Trinajstić information content (AvgIpc) is 2.82. The predicted molar refractivity (Wildman–Crippen MR) is 56.6 cm³/mol. The van der Waals surface area contributed by atoms with E-state index in [4.69, 9.17) is 9.84 Å². The third-order valence-corrected chi connectivity index (χ3v) is 4.21. The minimum Gasteiger partial charge on any atom is -0.389 e. The molecule has 3 atom stereocenters. The lowest BCUT2D eigenvalue weighted by Crippen LogP contribution is -2.32. The monoisotopic (exact) mass is 212 g/mol. The number of hydrogen-bond acceptors (Lipinski definition) is 3. The van der Waals surface area contributed by atoms with Gasteiger partial charge in [-0.2, -0.15) is 0 Å². The van der Waals surface area contributed by atoms with E-state index in [1.54, 1.807) is 0 Å². The number of carbonyl (C=O) groups is 1. The van der Waals surface area contributed by atoms with Crippen molar-refractivity contribution in [2.24, 2.45) is 5.41 Å². The first-order chi connectivity index (χ1) is 7.00. The Hall–Kier alpha value is -0.410. The van der Waals surface area contributed by atoms with Crippen molar-refractivity contribution in [1.82, 2.24) is 0 Å². The summed E-state index contributed by atoms with van der Waals surface area (Å²) in [6.45, 7) is 3.82. The van der Waals surface area contributed by atoms with Crippen LogP contribution in [0.2, 0.25) is 0 Å². The summed E-state index contributed by atoms with van der Waals surface area (Å²) < 4.78 is 5.66. The SMILES string of the molecule is CC1(C(=O)CO)CCCC2(C)OC2CC1. The molecule has 1 saturated carbocycles. The molecule has 15 heavy (non-hydrogen) atoms. The standard InChI is InChI=1S/C12H20O3/c1-11(9(14)8-13)5-3-6-12(2)10(15-12)4-7-11/h10,13H,3-8H2,1-2H3. The van der Waals surface area contributed by atoms with E-state index in [1.807, 2.05) is 6.92 Å². The molecule has 0 bridgehead atoms. The Morgan fingerprint density at radius 3 is 2.80 bits per heavy atom. The fraction of sp³-hybridized carbons (Fsp3) is 0.917. The van der Waals surface area contributed by atoms with E-state index in [-0.39, 0.29) is 23.4 Å². The van der Waals surface area contributed by atoms with Gasteiger partial charge in [-0.3, -0.25) is 4.79 Å². The molecule has 3 unspecified atom stereocenters. The molecule has 3 nitrogen and oxygen atoms in total. The number of Topliss-reactive ketones (excluding diaryl/α,β-unsaturated/α-hetero) is 1. The third kappa shape index (κ3) is 1.95. The number of epoxide rings is 1. The van der Waals surface area contributed by atoms with Crippen LogP contribution in [0, 0.1) is 5.41 Å². The van der Waals surface area contributed by atoms with Crippen LogP contribution in [-0.4, -0.2) is 29.2 Å². The predicted octanol–water partition coefficient (Wildman–Crippen LogP) is 1.68. The fourth-order valence-corrected chi connectivity index (χ4v) is 2.75. The lowest BCUT2D eigenvalue weighted by molar-refractivity contribution is -0.131. The maximum Gasteiger partial charge on any atom is 0.164 e. The molecule has 2 fully saturated rings. The quantitative estimate of drug-likeness (QED) is 0.708. The maximum absolute atomic E-state index is 11.7. The number of aliphatic hydroxyl groups is 1. The van der Waals surface area contributed by atoms with E-state index in [1.165, 1.54) is 0 Å². The smallest absolute Gasteiger partial charge is 0.164 e. The topological polar surface area (TPSA) is 49.8 Å². The van der Waals surface area contributed by atoms with Crippen LogP contribution >= 0.6 is 0 Å². The molecule has 0 aromatic carbocycles. The zero-order valence-corrected chi connectivity index (χ0v) is 9.58. The summed E-state index contributed by atoms with van der Waals surface area (Å²) in [7, 11) is 0. The number of ketones is 1. The lowest BCUT2D eigenvalue weighted by Gasteiger charge is -2.29. The highest BCUT2D eigenvalue weighted by atomic mass is 16.6. The van der Waals surface area contributed by atoms with Gasteiger partial charge < -0.3 is 9.84 Å². The van der Waals surface area contributed by atoms with Gasteiger partial charge in [0.15, 0.2) is 5.78 Å². The number of fused-ring (bicyclic) bond motifs is 1. The lowest BCUT2D eigenvalue weighted by atomic mass is 9.73. The highest BCUT2D eigenvalue weighted by Gasteiger charge is 2.53. The highest BCUT2D eigenvalue weighted by molar-refractivity contribution is 5.85. The van der Waals surface area contributed by atoms with E-state index >= 15 is 0 Å². The zero-order valence-electron chi connectivity index (χ0n) is 9.58. The Kier molecular flexibility index (Phi) is 2.63. The second kappa shape index (κ2) is 3.56. The zero-order chi connectivity index (χ0) is 11.1. The van der Waals surface area contributed by atoms with Crippen molar-refractivity contribution in [1.29, 1.82) is 0 Å². The Morgan fingerprint density at radius 2 is 2.13 bits per heavy atom. The van der Waals surface area contributed by atoms with Crippen LogP contribution in [0.4, 0.5) is 0 Å². The van der Waals surface area contributed by atoms with E-state index in [9.17, 15) is 4.79 Å². The van der Waals surface area contributed by atoms with Gasteiger partial charge in [-0.25, -0.2) is 0 Å². The van der Waals surface area contributed by atoms with Crippen LogP contribution in [0.25, 0.3) is 0 Å². The van der Waals surface area contributed by atoms with Crippen molar-refractivity contribution in [3.63, 3.8) is 0 Å². The first kappa shape index (κ1) is 11.1. The average molecular weight is 212 g/mol. The molecule has 0 spiro atoms. The van der Waals surface area contributed by atoms with Crippen LogP contribution in [0.3, 0.4) is 0 Å². The van der Waals surface area contributed by atoms with E-state index in [0.29, 0.717) is 6.10 Å². The summed E-state index contributed by atoms with van der Waals surface area (Å²) in [6.07, 6.45) is 5.12. The van der Waals surface area contributed by atoms with Gasteiger partial charge in [-0.1, -0.05) is 6.92 Å². The van der Waals surface area contributed by atoms with Gasteiger partial charge in [0, 0.05) is 5.41 Å². The van der Waals surface area contributed by atoms with Gasteiger partial charge >= 0.3 is 0 Å². The van der Waals surface area contributed by atoms with Crippen molar-refractivity contribution in [2.45, 2.75) is 57.7 Å². The Balaban J connectivity index is 2.01. The first-order valence-corrected chi connectivity index (χ1v) is 5.82. The molecule has 2 aliphatic rings. The molecule has 0 aromatic heterocycles. The number of rotatable bonds is 2. The second-order valence-electron chi connectivity index (χ2n) is 5.45. The van der Waals surface area contributed by atoms with Crippen LogP contribution in [0.5, 0.6) is 0 Å². The maximum atomic E-state index is 11.7. The molecule has 1 aliphatic carbocycles. The molecular formula is C12H20O3. The van der Waals surface area contributed by atoms with Crippen molar-refractivity contribution < 1.29 is 14.6 Å². The fourth-order valence-electron chi connectivity index (χ4n) is 2.75. The van der Waals surface area contributed by atoms with Gasteiger partial charge in [0.05, 0.1) is 11.7 Å². The molecular weight excluding hydrogens is 192 g/mol. The molecule has 0 radical (unpaired) electrons. The first-order valence-electron chi connectivity index (χ1n) is 5.82. The van der Waals surface area contributed by atoms with Crippen molar-refractivity contribution in [3.8, 4) is 0 Å². The van der Waals surface area contributed by atoms with Crippen LogP contribution in [0.1, 0.15) is 46.0 Å². The van der Waals surface area contributed by atoms with E-state index < -0.39 is 0 Å². The normalized spacial score (nSPS) is 45.1. The number of hydrogen-bond donors (Lipinski definition) is 1. The van der Waals surface area contributed by atoms with Gasteiger partial charge in [-0.15, -0.1) is 0 Å². The minimum absolute atomic E-state index is 0.00764. The molecule has 0 aromatic rings. The van der Waals surface area contributed by atoms with Crippen molar-refractivity contribution >= 4 is 5.78 Å². The molecule has 2 rings (SSSR count). The van der Waals surface area contributed by atoms with Crippen LogP contribution in [-0.2, 0) is 9.53 Å². The van der Waals surface area contributed by atoms with Gasteiger partial charge in [0.25, 0.3) is 0 Å².